The van der Waals surface area contributed by atoms with Gasteiger partial charge in [0.25, 0.3) is 0 Å². The Bertz CT molecular complexity index is 606. The number of aldehydes is 1. The molecule has 6 nitrogen and oxygen atoms in total. The van der Waals surface area contributed by atoms with Crippen LogP contribution in [0.2, 0.25) is 0 Å². The van der Waals surface area contributed by atoms with Crippen molar-refractivity contribution in [3.63, 3.8) is 0 Å². The highest BCUT2D eigenvalue weighted by molar-refractivity contribution is 5.79. The third kappa shape index (κ3) is 6.13. The molecule has 6 heteroatoms. The number of hydrogen-bond donors (Lipinski definition) is 0. The first kappa shape index (κ1) is 21.5. The topological polar surface area (TPSA) is 53.1 Å². The molecule has 27 heavy (non-hydrogen) atoms. The molecule has 1 saturated heterocycles. The van der Waals surface area contributed by atoms with E-state index in [1.807, 2.05) is 66.1 Å². The smallest absolute Gasteiger partial charge is 0.236 e. The maximum Gasteiger partial charge on any atom is 0.236 e. The summed E-state index contributed by atoms with van der Waals surface area (Å²) in [7, 11) is 1.93. The van der Waals surface area contributed by atoms with Gasteiger partial charge in [0, 0.05) is 19.0 Å². The Morgan fingerprint density at radius 1 is 1.22 bits per heavy atom. The summed E-state index contributed by atoms with van der Waals surface area (Å²) in [6.07, 6.45) is 0.750. The summed E-state index contributed by atoms with van der Waals surface area (Å²) in [5, 5.41) is 1.88. The Kier molecular flexibility index (Phi) is 7.95. The standard InChI is InChI=1S/C21H33N3O3/c1-16(2)12-23-13-20(22(5)14-21(23)26)24(17(3)4)27-19(15-25)11-18-9-7-6-8-10-18/h6-10,15-17,19-20H,11-14H2,1-5H3. The molecule has 0 radical (unpaired) electrons. The highest BCUT2D eigenvalue weighted by Gasteiger charge is 2.36. The van der Waals surface area contributed by atoms with Gasteiger partial charge in [-0.2, -0.15) is 5.06 Å². The van der Waals surface area contributed by atoms with Crippen LogP contribution in [-0.2, 0) is 20.8 Å². The zero-order valence-corrected chi connectivity index (χ0v) is 17.2. The molecule has 0 saturated carbocycles. The van der Waals surface area contributed by atoms with Crippen LogP contribution in [0.15, 0.2) is 30.3 Å². The minimum Gasteiger partial charge on any atom is -0.338 e. The van der Waals surface area contributed by atoms with Crippen LogP contribution < -0.4 is 0 Å². The third-order valence-electron chi connectivity index (χ3n) is 4.71. The normalized spacial score (nSPS) is 19.9. The van der Waals surface area contributed by atoms with E-state index < -0.39 is 6.10 Å². The van der Waals surface area contributed by atoms with E-state index in [4.69, 9.17) is 4.84 Å². The molecule has 0 aromatic heterocycles. The maximum atomic E-state index is 12.4. The zero-order chi connectivity index (χ0) is 20.0. The Hall–Kier alpha value is -1.76. The second-order valence-corrected chi connectivity index (χ2v) is 8.01. The molecule has 0 N–H and O–H groups in total. The van der Waals surface area contributed by atoms with Crippen LogP contribution in [-0.4, -0.2) is 72.0 Å². The van der Waals surface area contributed by atoms with Crippen LogP contribution in [0.5, 0.6) is 0 Å². The summed E-state index contributed by atoms with van der Waals surface area (Å²) in [6.45, 7) is 9.97. The summed E-state index contributed by atoms with van der Waals surface area (Å²) in [5.74, 6) is 0.551. The van der Waals surface area contributed by atoms with Gasteiger partial charge in [-0.15, -0.1) is 0 Å². The van der Waals surface area contributed by atoms with E-state index in [0.29, 0.717) is 25.4 Å². The lowest BCUT2D eigenvalue weighted by atomic mass is 10.1. The van der Waals surface area contributed by atoms with Crippen LogP contribution in [0.4, 0.5) is 0 Å². The van der Waals surface area contributed by atoms with E-state index >= 15 is 0 Å². The number of carbonyl (C=O) groups excluding carboxylic acids is 2. The van der Waals surface area contributed by atoms with Crippen molar-refractivity contribution in [2.75, 3.05) is 26.7 Å². The van der Waals surface area contributed by atoms with Gasteiger partial charge in [0.15, 0.2) is 6.29 Å². The van der Waals surface area contributed by atoms with Crippen LogP contribution in [0.25, 0.3) is 0 Å². The Morgan fingerprint density at radius 3 is 2.44 bits per heavy atom. The molecule has 2 unspecified atom stereocenters. The van der Waals surface area contributed by atoms with Crippen LogP contribution >= 0.6 is 0 Å². The van der Waals surface area contributed by atoms with Gasteiger partial charge in [-0.25, -0.2) is 0 Å². The van der Waals surface area contributed by atoms with Crippen molar-refractivity contribution in [2.24, 2.45) is 5.92 Å². The molecule has 1 aliphatic rings. The predicted molar refractivity (Wildman–Crippen MR) is 106 cm³/mol. The molecule has 1 aromatic carbocycles. The van der Waals surface area contributed by atoms with Gasteiger partial charge in [0.2, 0.25) is 5.91 Å². The maximum absolute atomic E-state index is 12.4. The van der Waals surface area contributed by atoms with Crippen LogP contribution in [0, 0.1) is 5.92 Å². The van der Waals surface area contributed by atoms with Crippen molar-refractivity contribution in [3.8, 4) is 0 Å². The molecule has 2 rings (SSSR count). The molecule has 1 aromatic rings. The average Bonchev–Trinajstić information content (AvgIpc) is 2.61. The Morgan fingerprint density at radius 2 is 1.89 bits per heavy atom. The molecule has 1 heterocycles. The van der Waals surface area contributed by atoms with Gasteiger partial charge in [0.1, 0.15) is 12.3 Å². The molecule has 0 bridgehead atoms. The molecule has 2 atom stereocenters. The number of carbonyl (C=O) groups is 2. The molecule has 1 aliphatic heterocycles. The monoisotopic (exact) mass is 375 g/mol. The highest BCUT2D eigenvalue weighted by atomic mass is 16.7. The number of piperazine rings is 1. The zero-order valence-electron chi connectivity index (χ0n) is 17.2. The first-order valence-electron chi connectivity index (χ1n) is 9.74. The van der Waals surface area contributed by atoms with Crippen molar-refractivity contribution in [2.45, 2.75) is 52.4 Å². The minimum atomic E-state index is -0.556. The number of hydroxylamine groups is 2. The molecule has 150 valence electrons. The average molecular weight is 376 g/mol. The van der Waals surface area contributed by atoms with E-state index in [9.17, 15) is 9.59 Å². The number of benzene rings is 1. The molecule has 1 amide bonds. The summed E-state index contributed by atoms with van der Waals surface area (Å²) in [6, 6.07) is 9.94. The Balaban J connectivity index is 2.11. The Labute approximate surface area is 163 Å². The molecular formula is C21H33N3O3. The lowest BCUT2D eigenvalue weighted by molar-refractivity contribution is -0.261. The van der Waals surface area contributed by atoms with Gasteiger partial charge < -0.3 is 9.69 Å². The van der Waals surface area contributed by atoms with Gasteiger partial charge in [-0.05, 0) is 32.4 Å². The van der Waals surface area contributed by atoms with Crippen molar-refractivity contribution in [1.82, 2.24) is 14.9 Å². The van der Waals surface area contributed by atoms with Crippen LogP contribution in [0.3, 0.4) is 0 Å². The minimum absolute atomic E-state index is 0.0739. The summed E-state index contributed by atoms with van der Waals surface area (Å²) in [4.78, 5) is 34.1. The summed E-state index contributed by atoms with van der Waals surface area (Å²) >= 11 is 0. The van der Waals surface area contributed by atoms with Crippen molar-refractivity contribution in [1.29, 1.82) is 0 Å². The fourth-order valence-corrected chi connectivity index (χ4v) is 3.40. The van der Waals surface area contributed by atoms with E-state index in [-0.39, 0.29) is 18.1 Å². The highest BCUT2D eigenvalue weighted by Crippen LogP contribution is 2.19. The fraction of sp³-hybridized carbons (Fsp3) is 0.619. The number of amides is 1. The molecule has 0 aliphatic carbocycles. The lowest BCUT2D eigenvalue weighted by Crippen LogP contribution is -2.63. The predicted octanol–water partition coefficient (Wildman–Crippen LogP) is 2.19. The second kappa shape index (κ2) is 9.97. The molecule has 1 fully saturated rings. The van der Waals surface area contributed by atoms with E-state index in [0.717, 1.165) is 18.4 Å². The fourth-order valence-electron chi connectivity index (χ4n) is 3.40. The van der Waals surface area contributed by atoms with Gasteiger partial charge in [-0.1, -0.05) is 44.2 Å². The largest absolute Gasteiger partial charge is 0.338 e. The van der Waals surface area contributed by atoms with E-state index in [2.05, 4.69) is 13.8 Å². The van der Waals surface area contributed by atoms with E-state index in [1.54, 1.807) is 0 Å². The third-order valence-corrected chi connectivity index (χ3v) is 4.71. The van der Waals surface area contributed by atoms with Crippen molar-refractivity contribution >= 4 is 12.2 Å². The quantitative estimate of drug-likeness (QED) is 0.489. The molecular weight excluding hydrogens is 342 g/mol. The van der Waals surface area contributed by atoms with Gasteiger partial charge >= 0.3 is 0 Å². The van der Waals surface area contributed by atoms with Gasteiger partial charge in [-0.3, -0.25) is 14.5 Å². The molecule has 0 spiro atoms. The van der Waals surface area contributed by atoms with E-state index in [1.165, 1.54) is 0 Å². The number of rotatable bonds is 9. The van der Waals surface area contributed by atoms with Crippen LogP contribution in [0.1, 0.15) is 33.3 Å². The number of nitrogens with zero attached hydrogens (tertiary/aromatic N) is 3. The summed E-state index contributed by atoms with van der Waals surface area (Å²) in [5.41, 5.74) is 1.06. The van der Waals surface area contributed by atoms with Crippen molar-refractivity contribution < 1.29 is 14.4 Å². The van der Waals surface area contributed by atoms with Crippen molar-refractivity contribution in [3.05, 3.63) is 35.9 Å². The number of hydrogen-bond acceptors (Lipinski definition) is 5. The first-order valence-corrected chi connectivity index (χ1v) is 9.74. The second-order valence-electron chi connectivity index (χ2n) is 8.01. The summed E-state index contributed by atoms with van der Waals surface area (Å²) < 4.78 is 0. The first-order chi connectivity index (χ1) is 12.8. The SMILES string of the molecule is CC(C)CN1CC(N(OC(C=O)Cc2ccccc2)C(C)C)N(C)CC1=O. The lowest BCUT2D eigenvalue weighted by Gasteiger charge is -2.46. The number of likely N-dealkylation sites (N-methyl/N-ethyl adjacent to an activating group) is 1. The van der Waals surface area contributed by atoms with Gasteiger partial charge in [0.05, 0.1) is 13.1 Å².